The van der Waals surface area contributed by atoms with E-state index in [0.29, 0.717) is 13.1 Å². The van der Waals surface area contributed by atoms with Crippen LogP contribution < -0.4 is 5.32 Å². The van der Waals surface area contributed by atoms with E-state index in [2.05, 4.69) is 46.3 Å². The molecule has 4 heteroatoms. The Bertz CT molecular complexity index is 1300. The topological polar surface area (TPSA) is 54.3 Å². The number of hydrogen-bond donors (Lipinski definition) is 2. The first-order valence-electron chi connectivity index (χ1n) is 9.85. The predicted molar refractivity (Wildman–Crippen MR) is 111 cm³/mol. The maximum absolute atomic E-state index is 12.9. The van der Waals surface area contributed by atoms with E-state index < -0.39 is 0 Å². The molecule has 3 aromatic carbocycles. The number of hydrogen-bond acceptors (Lipinski definition) is 2. The number of nitrogens with one attached hydrogen (secondary N) is 1. The molecule has 6 rings (SSSR count). The van der Waals surface area contributed by atoms with Crippen LogP contribution in [0.15, 0.2) is 48.5 Å². The smallest absolute Gasteiger partial charge is 0.252 e. The van der Waals surface area contributed by atoms with Gasteiger partial charge in [-0.15, -0.1) is 0 Å². The predicted octanol–water partition coefficient (Wildman–Crippen LogP) is 3.80. The second kappa shape index (κ2) is 5.69. The number of benzene rings is 3. The highest BCUT2D eigenvalue weighted by atomic mass is 16.3. The number of aliphatic hydroxyl groups excluding tert-OH is 1. The standard InChI is InChI=1S/C24H20N2O2/c27-12-11-26-19-8-4-3-7-17(19)21-22-18(13-25-24(22)28)16-10-9-14-5-1-2-6-15(14)20(16)23(21)26/h1-8,27H,9-13H2,(H,25,28). The van der Waals surface area contributed by atoms with E-state index in [9.17, 15) is 9.90 Å². The van der Waals surface area contributed by atoms with Gasteiger partial charge >= 0.3 is 0 Å². The summed E-state index contributed by atoms with van der Waals surface area (Å²) in [4.78, 5) is 12.9. The van der Waals surface area contributed by atoms with Gasteiger partial charge in [-0.2, -0.15) is 0 Å². The molecule has 1 aliphatic carbocycles. The van der Waals surface area contributed by atoms with Crippen LogP contribution in [0.1, 0.15) is 27.0 Å². The average Bonchev–Trinajstić information content (AvgIpc) is 3.27. The summed E-state index contributed by atoms with van der Waals surface area (Å²) in [6, 6.07) is 16.8. The molecule has 0 spiro atoms. The molecule has 2 aliphatic rings. The van der Waals surface area contributed by atoms with Gasteiger partial charge < -0.3 is 15.0 Å². The van der Waals surface area contributed by atoms with Crippen molar-refractivity contribution in [3.8, 4) is 11.1 Å². The number of nitrogens with zero attached hydrogens (tertiary/aromatic N) is 1. The molecule has 0 atom stereocenters. The summed E-state index contributed by atoms with van der Waals surface area (Å²) in [7, 11) is 0. The monoisotopic (exact) mass is 368 g/mol. The lowest BCUT2D eigenvalue weighted by Crippen LogP contribution is -2.12. The maximum Gasteiger partial charge on any atom is 0.252 e. The molecular formula is C24H20N2O2. The van der Waals surface area contributed by atoms with Crippen molar-refractivity contribution < 1.29 is 9.90 Å². The van der Waals surface area contributed by atoms with Gasteiger partial charge in [0.25, 0.3) is 5.91 Å². The molecule has 0 saturated heterocycles. The van der Waals surface area contributed by atoms with E-state index in [1.807, 2.05) is 12.1 Å². The van der Waals surface area contributed by atoms with E-state index in [-0.39, 0.29) is 12.5 Å². The quantitative estimate of drug-likeness (QED) is 0.566. The summed E-state index contributed by atoms with van der Waals surface area (Å²) in [5.74, 6) is 0.0218. The number of fused-ring (bicyclic) bond motifs is 10. The van der Waals surface area contributed by atoms with Gasteiger partial charge in [-0.1, -0.05) is 42.5 Å². The van der Waals surface area contributed by atoms with E-state index in [1.165, 1.54) is 22.3 Å². The fraction of sp³-hybridized carbons (Fsp3) is 0.208. The maximum atomic E-state index is 12.9. The summed E-state index contributed by atoms with van der Waals surface area (Å²) in [6.45, 7) is 1.18. The molecular weight excluding hydrogens is 348 g/mol. The van der Waals surface area contributed by atoms with Crippen LogP contribution in [0.4, 0.5) is 0 Å². The van der Waals surface area contributed by atoms with E-state index in [1.54, 1.807) is 0 Å². The fourth-order valence-corrected chi connectivity index (χ4v) is 5.25. The number of aryl methyl sites for hydroxylation is 1. The molecule has 1 amide bonds. The van der Waals surface area contributed by atoms with Crippen molar-refractivity contribution in [1.82, 2.24) is 9.88 Å². The van der Waals surface area contributed by atoms with Gasteiger partial charge in [-0.3, -0.25) is 4.79 Å². The summed E-state index contributed by atoms with van der Waals surface area (Å²) in [5, 5.41) is 15.0. The molecule has 0 fully saturated rings. The summed E-state index contributed by atoms with van der Waals surface area (Å²) in [6.07, 6.45) is 1.94. The van der Waals surface area contributed by atoms with Crippen molar-refractivity contribution >= 4 is 27.7 Å². The van der Waals surface area contributed by atoms with Crippen LogP contribution in [0, 0.1) is 0 Å². The number of rotatable bonds is 2. The molecule has 1 aromatic heterocycles. The molecule has 2 heterocycles. The van der Waals surface area contributed by atoms with Gasteiger partial charge in [0.05, 0.1) is 17.7 Å². The van der Waals surface area contributed by atoms with Crippen LogP contribution in [0.25, 0.3) is 32.9 Å². The minimum Gasteiger partial charge on any atom is -0.395 e. The molecule has 1 aliphatic heterocycles. The molecule has 0 radical (unpaired) electrons. The molecule has 0 bridgehead atoms. The van der Waals surface area contributed by atoms with Crippen molar-refractivity contribution in [2.75, 3.05) is 6.61 Å². The van der Waals surface area contributed by atoms with Gasteiger partial charge in [-0.25, -0.2) is 0 Å². The highest BCUT2D eigenvalue weighted by Crippen LogP contribution is 2.46. The second-order valence-corrected chi connectivity index (χ2v) is 7.66. The number of amides is 1. The van der Waals surface area contributed by atoms with Crippen LogP contribution in [-0.2, 0) is 25.9 Å². The average molecular weight is 368 g/mol. The van der Waals surface area contributed by atoms with Crippen molar-refractivity contribution in [2.24, 2.45) is 0 Å². The second-order valence-electron chi connectivity index (χ2n) is 7.66. The Morgan fingerprint density at radius 2 is 1.79 bits per heavy atom. The van der Waals surface area contributed by atoms with Crippen molar-refractivity contribution in [2.45, 2.75) is 25.9 Å². The lowest BCUT2D eigenvalue weighted by molar-refractivity contribution is 0.0967. The molecule has 138 valence electrons. The zero-order valence-electron chi connectivity index (χ0n) is 15.5. The first-order valence-corrected chi connectivity index (χ1v) is 9.85. The Morgan fingerprint density at radius 3 is 2.68 bits per heavy atom. The van der Waals surface area contributed by atoms with Gasteiger partial charge in [-0.05, 0) is 41.2 Å². The normalized spacial score (nSPS) is 14.8. The van der Waals surface area contributed by atoms with E-state index in [4.69, 9.17) is 0 Å². The number of aromatic nitrogens is 1. The molecule has 0 saturated carbocycles. The molecule has 4 nitrogen and oxygen atoms in total. The number of aliphatic hydroxyl groups is 1. The third kappa shape index (κ3) is 1.90. The Kier molecular flexibility index (Phi) is 3.23. The van der Waals surface area contributed by atoms with E-state index in [0.717, 1.165) is 45.8 Å². The van der Waals surface area contributed by atoms with Gasteiger partial charge in [0.1, 0.15) is 0 Å². The summed E-state index contributed by atoms with van der Waals surface area (Å²) < 4.78 is 2.21. The molecule has 0 unspecified atom stereocenters. The van der Waals surface area contributed by atoms with Crippen LogP contribution >= 0.6 is 0 Å². The molecule has 4 aromatic rings. The van der Waals surface area contributed by atoms with Gasteiger partial charge in [0, 0.05) is 34.9 Å². The third-order valence-electron chi connectivity index (χ3n) is 6.33. The van der Waals surface area contributed by atoms with E-state index >= 15 is 0 Å². The Morgan fingerprint density at radius 1 is 0.964 bits per heavy atom. The SMILES string of the molecule is O=C1NCc2c3c(c4c(c21)c1ccccc1n4CCO)-c1ccccc1CC3. The fourth-order valence-electron chi connectivity index (χ4n) is 5.25. The minimum atomic E-state index is 0.0218. The number of para-hydroxylation sites is 1. The van der Waals surface area contributed by atoms with Gasteiger partial charge in [0.2, 0.25) is 0 Å². The highest BCUT2D eigenvalue weighted by Gasteiger charge is 2.33. The number of carbonyl (C=O) groups is 1. The Hall–Kier alpha value is -3.11. The van der Waals surface area contributed by atoms with Crippen molar-refractivity contribution in [1.29, 1.82) is 0 Å². The first kappa shape index (κ1) is 15.9. The summed E-state index contributed by atoms with van der Waals surface area (Å²) in [5.41, 5.74) is 9.32. The van der Waals surface area contributed by atoms with Gasteiger partial charge in [0.15, 0.2) is 0 Å². The lowest BCUT2D eigenvalue weighted by atomic mass is 9.80. The Labute approximate surface area is 162 Å². The third-order valence-corrected chi connectivity index (χ3v) is 6.33. The zero-order chi connectivity index (χ0) is 18.8. The Balaban J connectivity index is 1.91. The van der Waals surface area contributed by atoms with Crippen molar-refractivity contribution in [3.63, 3.8) is 0 Å². The first-order chi connectivity index (χ1) is 13.8. The van der Waals surface area contributed by atoms with Crippen molar-refractivity contribution in [3.05, 3.63) is 70.8 Å². The largest absolute Gasteiger partial charge is 0.395 e. The highest BCUT2D eigenvalue weighted by molar-refractivity contribution is 6.23. The van der Waals surface area contributed by atoms with Crippen LogP contribution in [0.5, 0.6) is 0 Å². The lowest BCUT2D eigenvalue weighted by Gasteiger charge is -2.24. The van der Waals surface area contributed by atoms with Crippen LogP contribution in [-0.4, -0.2) is 22.2 Å². The zero-order valence-corrected chi connectivity index (χ0v) is 15.5. The molecule has 28 heavy (non-hydrogen) atoms. The number of carbonyl (C=O) groups excluding carboxylic acids is 1. The minimum absolute atomic E-state index is 0.0218. The summed E-state index contributed by atoms with van der Waals surface area (Å²) >= 11 is 0. The van der Waals surface area contributed by atoms with Crippen LogP contribution in [0.3, 0.4) is 0 Å². The van der Waals surface area contributed by atoms with Crippen LogP contribution in [0.2, 0.25) is 0 Å². The molecule has 2 N–H and O–H groups in total.